The predicted molar refractivity (Wildman–Crippen MR) is 101 cm³/mol. The van der Waals surface area contributed by atoms with Crippen LogP contribution < -0.4 is 4.43 Å². The largest absolute Gasteiger partial charge is 0.542 e. The predicted octanol–water partition coefficient (Wildman–Crippen LogP) is 6.36. The van der Waals surface area contributed by atoms with Crippen LogP contribution in [0.2, 0.25) is 18.1 Å². The van der Waals surface area contributed by atoms with Gasteiger partial charge in [-0.2, -0.15) is 0 Å². The molecule has 21 heavy (non-hydrogen) atoms. The quantitative estimate of drug-likeness (QED) is 0.215. The van der Waals surface area contributed by atoms with Crippen LogP contribution in [-0.2, 0) is 6.42 Å². The highest BCUT2D eigenvalue weighted by molar-refractivity contribution is 14.1. The number of unbranched alkanes of at least 4 members (excludes halogenated alkanes) is 2. The number of aryl methyl sites for hydroxylation is 1. The van der Waals surface area contributed by atoms with Crippen LogP contribution in [0.15, 0.2) is 18.2 Å². The number of halogens is 2. The molecule has 0 bridgehead atoms. The van der Waals surface area contributed by atoms with E-state index < -0.39 is 8.32 Å². The van der Waals surface area contributed by atoms with Gasteiger partial charge in [-0.05, 0) is 59.5 Å². The molecule has 0 unspecified atom stereocenters. The molecule has 0 fully saturated rings. The first-order valence-corrected chi connectivity index (χ1v) is 12.1. The van der Waals surface area contributed by atoms with Gasteiger partial charge in [0.25, 0.3) is 8.32 Å². The summed E-state index contributed by atoms with van der Waals surface area (Å²) in [6, 6.07) is 5.46. The molecule has 0 radical (unpaired) electrons. The van der Waals surface area contributed by atoms with Gasteiger partial charge in [-0.25, -0.2) is 4.39 Å². The van der Waals surface area contributed by atoms with E-state index >= 15 is 0 Å². The Hall–Kier alpha value is -0.103. The Kier molecular flexibility index (Phi) is 7.17. The SMILES string of the molecule is CC(C)(C)[Si](C)(C)Oc1ccc(CCCCCI)cc1F. The molecule has 0 heterocycles. The van der Waals surface area contributed by atoms with Crippen molar-refractivity contribution in [2.24, 2.45) is 0 Å². The van der Waals surface area contributed by atoms with Crippen molar-refractivity contribution in [3.8, 4) is 5.75 Å². The molecule has 1 aromatic rings. The van der Waals surface area contributed by atoms with Crippen LogP contribution >= 0.6 is 22.6 Å². The highest BCUT2D eigenvalue weighted by atomic mass is 127. The Morgan fingerprint density at radius 2 is 1.81 bits per heavy atom. The van der Waals surface area contributed by atoms with Crippen molar-refractivity contribution < 1.29 is 8.82 Å². The molecular formula is C17H28FIOSi. The normalized spacial score (nSPS) is 12.5. The van der Waals surface area contributed by atoms with Crippen molar-refractivity contribution in [1.29, 1.82) is 0 Å². The van der Waals surface area contributed by atoms with Crippen molar-refractivity contribution in [2.45, 2.75) is 64.6 Å². The summed E-state index contributed by atoms with van der Waals surface area (Å²) in [6.07, 6.45) is 4.54. The van der Waals surface area contributed by atoms with Crippen molar-refractivity contribution in [3.63, 3.8) is 0 Å². The van der Waals surface area contributed by atoms with Crippen molar-refractivity contribution in [1.82, 2.24) is 0 Å². The van der Waals surface area contributed by atoms with Gasteiger partial charge in [0.05, 0.1) is 0 Å². The summed E-state index contributed by atoms with van der Waals surface area (Å²) in [7, 11) is -1.97. The molecule has 0 aliphatic heterocycles. The monoisotopic (exact) mass is 422 g/mol. The molecular weight excluding hydrogens is 394 g/mol. The second-order valence-corrected chi connectivity index (χ2v) is 12.9. The maximum absolute atomic E-state index is 14.2. The fourth-order valence-corrected chi connectivity index (χ4v) is 3.37. The zero-order chi connectivity index (χ0) is 16.1. The molecule has 0 spiro atoms. The van der Waals surface area contributed by atoms with Gasteiger partial charge < -0.3 is 4.43 Å². The van der Waals surface area contributed by atoms with E-state index in [0.717, 1.165) is 18.4 Å². The highest BCUT2D eigenvalue weighted by Crippen LogP contribution is 2.38. The smallest absolute Gasteiger partial charge is 0.250 e. The van der Waals surface area contributed by atoms with Crippen molar-refractivity contribution >= 4 is 30.9 Å². The minimum atomic E-state index is -1.97. The van der Waals surface area contributed by atoms with E-state index in [4.69, 9.17) is 4.43 Å². The number of alkyl halides is 1. The molecule has 0 atom stereocenters. The molecule has 0 saturated carbocycles. The summed E-state index contributed by atoms with van der Waals surface area (Å²) in [5, 5.41) is 0.0809. The maximum atomic E-state index is 14.2. The molecule has 1 aromatic carbocycles. The Morgan fingerprint density at radius 1 is 1.14 bits per heavy atom. The summed E-state index contributed by atoms with van der Waals surface area (Å²) in [4.78, 5) is 0. The van der Waals surface area contributed by atoms with Crippen LogP contribution in [0.25, 0.3) is 0 Å². The Labute approximate surface area is 143 Å². The summed E-state index contributed by atoms with van der Waals surface area (Å²) in [5.74, 6) is 0.198. The third kappa shape index (κ3) is 5.89. The van der Waals surface area contributed by atoms with Gasteiger partial charge >= 0.3 is 0 Å². The van der Waals surface area contributed by atoms with Crippen LogP contribution in [0, 0.1) is 5.82 Å². The van der Waals surface area contributed by atoms with E-state index in [0.29, 0.717) is 5.75 Å². The van der Waals surface area contributed by atoms with Crippen LogP contribution in [0.1, 0.15) is 45.6 Å². The Bertz CT molecular complexity index is 455. The minimum Gasteiger partial charge on any atom is -0.542 e. The molecule has 4 heteroatoms. The molecule has 0 aromatic heterocycles. The Balaban J connectivity index is 2.70. The second kappa shape index (κ2) is 7.95. The number of hydrogen-bond donors (Lipinski definition) is 0. The molecule has 0 aliphatic rings. The third-order valence-electron chi connectivity index (χ3n) is 4.27. The summed E-state index contributed by atoms with van der Waals surface area (Å²) >= 11 is 2.40. The van der Waals surface area contributed by atoms with Gasteiger partial charge in [0.1, 0.15) is 5.75 Å². The van der Waals surface area contributed by atoms with Gasteiger partial charge in [0, 0.05) is 0 Å². The topological polar surface area (TPSA) is 9.23 Å². The average molecular weight is 422 g/mol. The van der Waals surface area contributed by atoms with Crippen molar-refractivity contribution in [3.05, 3.63) is 29.6 Å². The zero-order valence-electron chi connectivity index (χ0n) is 13.9. The Morgan fingerprint density at radius 3 is 2.33 bits per heavy atom. The van der Waals surface area contributed by atoms with E-state index in [9.17, 15) is 4.39 Å². The fraction of sp³-hybridized carbons (Fsp3) is 0.647. The van der Waals surface area contributed by atoms with Crippen LogP contribution in [-0.4, -0.2) is 12.7 Å². The first-order chi connectivity index (χ1) is 9.67. The molecule has 1 nitrogen and oxygen atoms in total. The molecule has 0 saturated heterocycles. The fourth-order valence-electron chi connectivity index (χ4n) is 1.81. The lowest BCUT2D eigenvalue weighted by atomic mass is 10.1. The van der Waals surface area contributed by atoms with E-state index in [-0.39, 0.29) is 10.9 Å². The zero-order valence-corrected chi connectivity index (χ0v) is 17.1. The molecule has 0 amide bonds. The van der Waals surface area contributed by atoms with E-state index in [1.807, 2.05) is 12.1 Å². The van der Waals surface area contributed by atoms with E-state index in [1.165, 1.54) is 17.3 Å². The average Bonchev–Trinajstić information content (AvgIpc) is 2.36. The van der Waals surface area contributed by atoms with Crippen LogP contribution in [0.5, 0.6) is 5.75 Å². The minimum absolute atomic E-state index is 0.0809. The van der Waals surface area contributed by atoms with Gasteiger partial charge in [0.2, 0.25) is 0 Å². The standard InChI is InChI=1S/C17H28FIOSi/c1-17(2,3)21(4,5)20-16-11-10-14(13-15(16)18)9-7-6-8-12-19/h10-11,13H,6-9,12H2,1-5H3. The second-order valence-electron chi connectivity index (χ2n) is 7.13. The number of rotatable bonds is 7. The summed E-state index contributed by atoms with van der Waals surface area (Å²) in [5.41, 5.74) is 1.07. The van der Waals surface area contributed by atoms with Gasteiger partial charge in [0.15, 0.2) is 5.82 Å². The first kappa shape index (κ1) is 18.9. The van der Waals surface area contributed by atoms with Crippen molar-refractivity contribution in [2.75, 3.05) is 4.43 Å². The first-order valence-electron chi connectivity index (χ1n) is 7.71. The highest BCUT2D eigenvalue weighted by Gasteiger charge is 2.39. The third-order valence-corrected chi connectivity index (χ3v) is 9.37. The lowest BCUT2D eigenvalue weighted by Crippen LogP contribution is -2.44. The number of benzene rings is 1. The molecule has 1 rings (SSSR count). The van der Waals surface area contributed by atoms with Crippen LogP contribution in [0.3, 0.4) is 0 Å². The number of hydrogen-bond acceptors (Lipinski definition) is 1. The van der Waals surface area contributed by atoms with Gasteiger partial charge in [-0.15, -0.1) is 0 Å². The lowest BCUT2D eigenvalue weighted by Gasteiger charge is -2.36. The van der Waals surface area contributed by atoms with E-state index in [2.05, 4.69) is 56.5 Å². The summed E-state index contributed by atoms with van der Waals surface area (Å²) in [6.45, 7) is 10.8. The lowest BCUT2D eigenvalue weighted by molar-refractivity contribution is 0.456. The summed E-state index contributed by atoms with van der Waals surface area (Å²) < 4.78 is 21.5. The van der Waals surface area contributed by atoms with Gasteiger partial charge in [-0.3, -0.25) is 0 Å². The molecule has 0 N–H and O–H groups in total. The van der Waals surface area contributed by atoms with Crippen LogP contribution in [0.4, 0.5) is 4.39 Å². The van der Waals surface area contributed by atoms with E-state index in [1.54, 1.807) is 6.07 Å². The molecule has 0 aliphatic carbocycles. The van der Waals surface area contributed by atoms with Gasteiger partial charge in [-0.1, -0.05) is 55.8 Å². The molecule has 120 valence electrons. The maximum Gasteiger partial charge on any atom is 0.250 e.